The van der Waals surface area contributed by atoms with E-state index in [4.69, 9.17) is 4.74 Å². The Hall–Kier alpha value is -3.15. The monoisotopic (exact) mass is 365 g/mol. The van der Waals surface area contributed by atoms with Crippen molar-refractivity contribution in [3.05, 3.63) is 70.4 Å². The third-order valence-electron chi connectivity index (χ3n) is 4.59. The molecule has 3 aromatic rings. The maximum absolute atomic E-state index is 12.3. The van der Waals surface area contributed by atoms with Crippen molar-refractivity contribution in [2.75, 3.05) is 6.54 Å². The van der Waals surface area contributed by atoms with E-state index in [-0.39, 0.29) is 11.5 Å². The zero-order valence-electron chi connectivity index (χ0n) is 15.7. The SMILES string of the molecule is Cc1ncn(CCNC(=O)C(C)Oc2cccc3ccccc23)c(=O)c1C. The average molecular weight is 365 g/mol. The maximum Gasteiger partial charge on any atom is 0.260 e. The minimum atomic E-state index is -0.648. The molecular formula is C21H23N3O3. The van der Waals surface area contributed by atoms with Crippen LogP contribution in [0.3, 0.4) is 0 Å². The molecule has 1 heterocycles. The Labute approximate surface area is 157 Å². The molecular weight excluding hydrogens is 342 g/mol. The number of nitrogens with one attached hydrogen (secondary N) is 1. The zero-order valence-corrected chi connectivity index (χ0v) is 15.7. The molecule has 6 nitrogen and oxygen atoms in total. The molecule has 0 aliphatic carbocycles. The molecule has 1 amide bonds. The lowest BCUT2D eigenvalue weighted by Crippen LogP contribution is -2.39. The molecule has 0 spiro atoms. The first-order valence-electron chi connectivity index (χ1n) is 8.92. The van der Waals surface area contributed by atoms with Crippen molar-refractivity contribution in [1.82, 2.24) is 14.9 Å². The summed E-state index contributed by atoms with van der Waals surface area (Å²) >= 11 is 0. The van der Waals surface area contributed by atoms with E-state index in [0.29, 0.717) is 24.4 Å². The number of benzene rings is 2. The lowest BCUT2D eigenvalue weighted by molar-refractivity contribution is -0.127. The third kappa shape index (κ3) is 4.16. The maximum atomic E-state index is 12.3. The van der Waals surface area contributed by atoms with Crippen LogP contribution in [0.2, 0.25) is 0 Å². The first-order chi connectivity index (χ1) is 13.0. The fourth-order valence-electron chi connectivity index (χ4n) is 2.82. The number of carbonyl (C=O) groups is 1. The Morgan fingerprint density at radius 2 is 1.93 bits per heavy atom. The van der Waals surface area contributed by atoms with Gasteiger partial charge in [-0.1, -0.05) is 36.4 Å². The van der Waals surface area contributed by atoms with Crippen LogP contribution in [-0.2, 0) is 11.3 Å². The van der Waals surface area contributed by atoms with Gasteiger partial charge in [-0.3, -0.25) is 14.2 Å². The first-order valence-corrected chi connectivity index (χ1v) is 8.92. The second kappa shape index (κ2) is 8.03. The summed E-state index contributed by atoms with van der Waals surface area (Å²) in [6, 6.07) is 13.6. The molecule has 140 valence electrons. The summed E-state index contributed by atoms with van der Waals surface area (Å²) in [6.07, 6.45) is 0.859. The molecule has 0 saturated carbocycles. The second-order valence-corrected chi connectivity index (χ2v) is 6.48. The highest BCUT2D eigenvalue weighted by Gasteiger charge is 2.15. The van der Waals surface area contributed by atoms with Crippen LogP contribution in [0, 0.1) is 13.8 Å². The smallest absolute Gasteiger partial charge is 0.260 e. The van der Waals surface area contributed by atoms with E-state index in [1.807, 2.05) is 42.5 Å². The van der Waals surface area contributed by atoms with Crippen LogP contribution in [0.4, 0.5) is 0 Å². The molecule has 27 heavy (non-hydrogen) atoms. The zero-order chi connectivity index (χ0) is 19.4. The fraction of sp³-hybridized carbons (Fsp3) is 0.286. The highest BCUT2D eigenvalue weighted by Crippen LogP contribution is 2.25. The molecule has 2 aromatic carbocycles. The predicted octanol–water partition coefficient (Wildman–Crippen LogP) is 2.60. The summed E-state index contributed by atoms with van der Waals surface area (Å²) < 4.78 is 7.36. The quantitative estimate of drug-likeness (QED) is 0.729. The summed E-state index contributed by atoms with van der Waals surface area (Å²) in [5, 5.41) is 4.83. The molecule has 3 rings (SSSR count). The summed E-state index contributed by atoms with van der Waals surface area (Å²) in [7, 11) is 0. The van der Waals surface area contributed by atoms with Crippen LogP contribution in [0.25, 0.3) is 10.8 Å². The van der Waals surface area contributed by atoms with Gasteiger partial charge in [0.05, 0.1) is 6.33 Å². The van der Waals surface area contributed by atoms with Crippen molar-refractivity contribution in [2.45, 2.75) is 33.4 Å². The van der Waals surface area contributed by atoms with Crippen molar-refractivity contribution in [1.29, 1.82) is 0 Å². The van der Waals surface area contributed by atoms with Gasteiger partial charge in [-0.15, -0.1) is 0 Å². The van der Waals surface area contributed by atoms with Crippen LogP contribution in [0.1, 0.15) is 18.2 Å². The van der Waals surface area contributed by atoms with Gasteiger partial charge in [-0.25, -0.2) is 4.98 Å². The third-order valence-corrected chi connectivity index (χ3v) is 4.59. The lowest BCUT2D eigenvalue weighted by Gasteiger charge is -2.16. The second-order valence-electron chi connectivity index (χ2n) is 6.48. The minimum Gasteiger partial charge on any atom is -0.480 e. The minimum absolute atomic E-state index is 0.0863. The van der Waals surface area contributed by atoms with Gasteiger partial charge < -0.3 is 10.1 Å². The molecule has 0 radical (unpaired) electrons. The van der Waals surface area contributed by atoms with Gasteiger partial charge in [0.15, 0.2) is 6.10 Å². The summed E-state index contributed by atoms with van der Waals surface area (Å²) in [5.74, 6) is 0.443. The van der Waals surface area contributed by atoms with Gasteiger partial charge >= 0.3 is 0 Å². The van der Waals surface area contributed by atoms with E-state index < -0.39 is 6.10 Å². The number of ether oxygens (including phenoxy) is 1. The van der Waals surface area contributed by atoms with Crippen molar-refractivity contribution >= 4 is 16.7 Å². The highest BCUT2D eigenvalue weighted by molar-refractivity contribution is 5.89. The molecule has 0 bridgehead atoms. The molecule has 0 aliphatic heterocycles. The number of carbonyl (C=O) groups excluding carboxylic acids is 1. The molecule has 1 unspecified atom stereocenters. The number of aromatic nitrogens is 2. The normalized spacial score (nSPS) is 12.0. The number of rotatable bonds is 6. The number of hydrogen-bond donors (Lipinski definition) is 1. The van der Waals surface area contributed by atoms with Crippen LogP contribution < -0.4 is 15.6 Å². The molecule has 1 atom stereocenters. The van der Waals surface area contributed by atoms with Gasteiger partial charge in [0.25, 0.3) is 11.5 Å². The Morgan fingerprint density at radius 3 is 2.74 bits per heavy atom. The average Bonchev–Trinajstić information content (AvgIpc) is 2.68. The summed E-state index contributed by atoms with van der Waals surface area (Å²) in [5.41, 5.74) is 1.26. The van der Waals surface area contributed by atoms with Crippen molar-refractivity contribution < 1.29 is 9.53 Å². The number of hydrogen-bond acceptors (Lipinski definition) is 4. The molecule has 1 aromatic heterocycles. The Balaban J connectivity index is 1.60. The van der Waals surface area contributed by atoms with Gasteiger partial charge in [0, 0.05) is 29.7 Å². The number of aryl methyl sites for hydroxylation is 1. The predicted molar refractivity (Wildman–Crippen MR) is 105 cm³/mol. The van der Waals surface area contributed by atoms with E-state index in [0.717, 1.165) is 16.5 Å². The Bertz CT molecular complexity index is 1020. The van der Waals surface area contributed by atoms with E-state index in [1.165, 1.54) is 10.9 Å². The fourth-order valence-corrected chi connectivity index (χ4v) is 2.82. The molecule has 6 heteroatoms. The van der Waals surface area contributed by atoms with Crippen LogP contribution in [0.15, 0.2) is 53.6 Å². The van der Waals surface area contributed by atoms with Gasteiger partial charge in [0.1, 0.15) is 5.75 Å². The topological polar surface area (TPSA) is 73.2 Å². The van der Waals surface area contributed by atoms with Crippen LogP contribution in [0.5, 0.6) is 5.75 Å². The molecule has 1 N–H and O–H groups in total. The number of fused-ring (bicyclic) bond motifs is 1. The first kappa shape index (κ1) is 18.6. The van der Waals surface area contributed by atoms with Gasteiger partial charge in [-0.05, 0) is 32.2 Å². The lowest BCUT2D eigenvalue weighted by atomic mass is 10.1. The molecule has 0 saturated heterocycles. The molecule has 0 aliphatic rings. The van der Waals surface area contributed by atoms with Crippen molar-refractivity contribution in [2.24, 2.45) is 0 Å². The highest BCUT2D eigenvalue weighted by atomic mass is 16.5. The Kier molecular flexibility index (Phi) is 5.54. The van der Waals surface area contributed by atoms with E-state index >= 15 is 0 Å². The summed E-state index contributed by atoms with van der Waals surface area (Å²) in [6.45, 7) is 5.95. The van der Waals surface area contributed by atoms with Crippen molar-refractivity contribution in [3.8, 4) is 5.75 Å². The number of nitrogens with zero attached hydrogens (tertiary/aromatic N) is 2. The Morgan fingerprint density at radius 1 is 1.19 bits per heavy atom. The van der Waals surface area contributed by atoms with Gasteiger partial charge in [-0.2, -0.15) is 0 Å². The number of amides is 1. The van der Waals surface area contributed by atoms with E-state index in [1.54, 1.807) is 20.8 Å². The molecule has 0 fully saturated rings. The van der Waals surface area contributed by atoms with Crippen molar-refractivity contribution in [3.63, 3.8) is 0 Å². The largest absolute Gasteiger partial charge is 0.480 e. The van der Waals surface area contributed by atoms with Crippen LogP contribution >= 0.6 is 0 Å². The van der Waals surface area contributed by atoms with Crippen LogP contribution in [-0.4, -0.2) is 28.1 Å². The van der Waals surface area contributed by atoms with E-state index in [9.17, 15) is 9.59 Å². The van der Waals surface area contributed by atoms with E-state index in [2.05, 4.69) is 10.3 Å². The van der Waals surface area contributed by atoms with Gasteiger partial charge in [0.2, 0.25) is 0 Å². The standard InChI is InChI=1S/C21H23N3O3/c1-14-15(2)23-13-24(21(14)26)12-11-22-20(25)16(3)27-19-10-6-8-17-7-4-5-9-18(17)19/h4-10,13,16H,11-12H2,1-3H3,(H,22,25). The summed E-state index contributed by atoms with van der Waals surface area (Å²) in [4.78, 5) is 28.7.